The predicted octanol–water partition coefficient (Wildman–Crippen LogP) is 3.64. The first kappa shape index (κ1) is 11.2. The third kappa shape index (κ3) is 1.89. The predicted molar refractivity (Wildman–Crippen MR) is 73.2 cm³/mol. The second-order valence-electron chi connectivity index (χ2n) is 4.59. The Morgan fingerprint density at radius 1 is 1.41 bits per heavy atom. The van der Waals surface area contributed by atoms with Gasteiger partial charge in [0.1, 0.15) is 10.6 Å². The zero-order valence-corrected chi connectivity index (χ0v) is 11.5. The van der Waals surface area contributed by atoms with Crippen LogP contribution in [0.3, 0.4) is 0 Å². The van der Waals surface area contributed by atoms with E-state index in [1.165, 1.54) is 24.1 Å². The van der Waals surface area contributed by atoms with Crippen LogP contribution in [0.5, 0.6) is 0 Å². The molecule has 0 amide bonds. The van der Waals surface area contributed by atoms with Crippen molar-refractivity contribution in [2.45, 2.75) is 32.2 Å². The Balaban J connectivity index is 2.12. The summed E-state index contributed by atoms with van der Waals surface area (Å²) in [6.45, 7) is 2.09. The largest absolute Gasteiger partial charge is 0.356 e. The summed E-state index contributed by atoms with van der Waals surface area (Å²) in [6.07, 6.45) is 3.82. The van der Waals surface area contributed by atoms with Crippen molar-refractivity contribution in [1.82, 2.24) is 9.97 Å². The Morgan fingerprint density at radius 3 is 2.82 bits per heavy atom. The van der Waals surface area contributed by atoms with Gasteiger partial charge in [-0.3, -0.25) is 0 Å². The maximum absolute atomic E-state index is 6.00. The monoisotopic (exact) mass is 267 g/mol. The number of halogens is 1. The quantitative estimate of drug-likeness (QED) is 0.778. The van der Waals surface area contributed by atoms with Gasteiger partial charge in [-0.05, 0) is 43.9 Å². The molecule has 0 N–H and O–H groups in total. The van der Waals surface area contributed by atoms with Crippen LogP contribution in [-0.4, -0.2) is 23.1 Å². The number of aryl methyl sites for hydroxylation is 1. The minimum Gasteiger partial charge on any atom is -0.356 e. The highest BCUT2D eigenvalue weighted by Gasteiger charge is 2.25. The van der Waals surface area contributed by atoms with Gasteiger partial charge in [0.15, 0.2) is 0 Å². The van der Waals surface area contributed by atoms with E-state index in [4.69, 9.17) is 11.6 Å². The highest BCUT2D eigenvalue weighted by Crippen LogP contribution is 2.35. The van der Waals surface area contributed by atoms with Gasteiger partial charge in [-0.2, -0.15) is 4.98 Å². The molecular weight excluding hydrogens is 254 g/mol. The van der Waals surface area contributed by atoms with Crippen molar-refractivity contribution >= 4 is 39.0 Å². The Hall–Kier alpha value is -0.870. The van der Waals surface area contributed by atoms with Crippen LogP contribution in [0.15, 0.2) is 6.07 Å². The molecule has 3 rings (SSSR count). The molecule has 90 valence electrons. The standard InChI is InChI=1S/C12H14ClN3S/c1-7-6-9-10(16(2)8-4-3-5-8)14-12(13)15-11(9)17-7/h6,8H,3-5H2,1-2H3. The van der Waals surface area contributed by atoms with E-state index in [1.807, 2.05) is 0 Å². The summed E-state index contributed by atoms with van der Waals surface area (Å²) in [5, 5.41) is 1.48. The molecule has 3 nitrogen and oxygen atoms in total. The molecule has 2 aromatic rings. The number of hydrogen-bond acceptors (Lipinski definition) is 4. The van der Waals surface area contributed by atoms with Crippen molar-refractivity contribution in [2.24, 2.45) is 0 Å². The molecule has 2 aromatic heterocycles. The number of anilines is 1. The fourth-order valence-corrected chi connectivity index (χ4v) is 3.31. The highest BCUT2D eigenvalue weighted by atomic mass is 35.5. The summed E-state index contributed by atoms with van der Waals surface area (Å²) in [6, 6.07) is 2.77. The van der Waals surface area contributed by atoms with Crippen LogP contribution in [0.1, 0.15) is 24.1 Å². The summed E-state index contributed by atoms with van der Waals surface area (Å²) >= 11 is 7.67. The SMILES string of the molecule is Cc1cc2c(N(C)C3CCC3)nc(Cl)nc2s1. The van der Waals surface area contributed by atoms with Crippen LogP contribution >= 0.6 is 22.9 Å². The normalized spacial score (nSPS) is 16.2. The fraction of sp³-hybridized carbons (Fsp3) is 0.500. The Bertz CT molecular complexity index is 562. The average molecular weight is 268 g/mol. The molecule has 0 aromatic carbocycles. The first-order chi connectivity index (χ1) is 8.15. The van der Waals surface area contributed by atoms with E-state index in [9.17, 15) is 0 Å². The van der Waals surface area contributed by atoms with Gasteiger partial charge in [-0.25, -0.2) is 4.98 Å². The third-order valence-corrected chi connectivity index (χ3v) is 4.54. The van der Waals surface area contributed by atoms with Crippen LogP contribution in [0.2, 0.25) is 5.28 Å². The number of aromatic nitrogens is 2. The van der Waals surface area contributed by atoms with Crippen molar-refractivity contribution in [3.63, 3.8) is 0 Å². The maximum Gasteiger partial charge on any atom is 0.225 e. The van der Waals surface area contributed by atoms with E-state index < -0.39 is 0 Å². The van der Waals surface area contributed by atoms with E-state index in [0.717, 1.165) is 16.0 Å². The molecule has 17 heavy (non-hydrogen) atoms. The molecule has 0 unspecified atom stereocenters. The van der Waals surface area contributed by atoms with Crippen LogP contribution in [0, 0.1) is 6.92 Å². The molecule has 0 atom stereocenters. The second-order valence-corrected chi connectivity index (χ2v) is 6.16. The molecule has 1 aliphatic carbocycles. The number of thiophene rings is 1. The molecule has 0 bridgehead atoms. The van der Waals surface area contributed by atoms with E-state index in [1.54, 1.807) is 11.3 Å². The number of hydrogen-bond donors (Lipinski definition) is 0. The molecule has 0 spiro atoms. The first-order valence-corrected chi connectivity index (χ1v) is 7.01. The molecule has 1 aliphatic rings. The number of nitrogens with zero attached hydrogens (tertiary/aromatic N) is 3. The van der Waals surface area contributed by atoms with Gasteiger partial charge in [-0.15, -0.1) is 11.3 Å². The lowest BCUT2D eigenvalue weighted by molar-refractivity contribution is 0.400. The molecule has 2 heterocycles. The maximum atomic E-state index is 6.00. The number of rotatable bonds is 2. The topological polar surface area (TPSA) is 29.0 Å². The minimum atomic E-state index is 0.348. The van der Waals surface area contributed by atoms with Crippen LogP contribution < -0.4 is 4.90 Å². The lowest BCUT2D eigenvalue weighted by Gasteiger charge is -2.35. The minimum absolute atomic E-state index is 0.348. The Labute approximate surface area is 109 Å². The molecular formula is C12H14ClN3S. The lowest BCUT2D eigenvalue weighted by atomic mass is 9.92. The molecule has 0 aliphatic heterocycles. The van der Waals surface area contributed by atoms with Gasteiger partial charge < -0.3 is 4.90 Å². The van der Waals surface area contributed by atoms with Crippen molar-refractivity contribution in [3.05, 3.63) is 16.2 Å². The molecule has 0 saturated heterocycles. The van der Waals surface area contributed by atoms with E-state index in [0.29, 0.717) is 11.3 Å². The summed E-state index contributed by atoms with van der Waals surface area (Å²) in [5.41, 5.74) is 0. The van der Waals surface area contributed by atoms with Gasteiger partial charge in [0, 0.05) is 18.0 Å². The van der Waals surface area contributed by atoms with Crippen LogP contribution in [0.25, 0.3) is 10.2 Å². The van der Waals surface area contributed by atoms with Crippen LogP contribution in [-0.2, 0) is 0 Å². The molecule has 1 saturated carbocycles. The van der Waals surface area contributed by atoms with Crippen LogP contribution in [0.4, 0.5) is 5.82 Å². The van der Waals surface area contributed by atoms with E-state index in [-0.39, 0.29) is 0 Å². The first-order valence-electron chi connectivity index (χ1n) is 5.81. The van der Waals surface area contributed by atoms with Gasteiger partial charge in [-0.1, -0.05) is 0 Å². The summed E-state index contributed by atoms with van der Waals surface area (Å²) in [4.78, 5) is 13.2. The van der Waals surface area contributed by atoms with Crippen molar-refractivity contribution in [2.75, 3.05) is 11.9 Å². The zero-order valence-electron chi connectivity index (χ0n) is 9.90. The molecule has 0 radical (unpaired) electrons. The Morgan fingerprint density at radius 2 is 2.18 bits per heavy atom. The summed E-state index contributed by atoms with van der Waals surface area (Å²) in [5.74, 6) is 0.981. The van der Waals surface area contributed by atoms with Gasteiger partial charge in [0.25, 0.3) is 0 Å². The highest BCUT2D eigenvalue weighted by molar-refractivity contribution is 7.18. The van der Waals surface area contributed by atoms with Gasteiger partial charge >= 0.3 is 0 Å². The summed E-state index contributed by atoms with van der Waals surface area (Å²) in [7, 11) is 2.11. The molecule has 1 fully saturated rings. The Kier molecular flexibility index (Phi) is 2.71. The smallest absolute Gasteiger partial charge is 0.225 e. The van der Waals surface area contributed by atoms with Crippen molar-refractivity contribution < 1.29 is 0 Å². The van der Waals surface area contributed by atoms with E-state index >= 15 is 0 Å². The zero-order chi connectivity index (χ0) is 12.0. The average Bonchev–Trinajstić information content (AvgIpc) is 2.53. The molecule has 5 heteroatoms. The number of fused-ring (bicyclic) bond motifs is 1. The van der Waals surface area contributed by atoms with Crippen molar-refractivity contribution in [3.8, 4) is 0 Å². The third-order valence-electron chi connectivity index (χ3n) is 3.43. The van der Waals surface area contributed by atoms with Gasteiger partial charge in [0.2, 0.25) is 5.28 Å². The lowest BCUT2D eigenvalue weighted by Crippen LogP contribution is -2.37. The fourth-order valence-electron chi connectivity index (χ4n) is 2.22. The van der Waals surface area contributed by atoms with Crippen molar-refractivity contribution in [1.29, 1.82) is 0 Å². The van der Waals surface area contributed by atoms with E-state index in [2.05, 4.69) is 34.9 Å². The van der Waals surface area contributed by atoms with Gasteiger partial charge in [0.05, 0.1) is 5.39 Å². The second kappa shape index (κ2) is 4.10. The summed E-state index contributed by atoms with van der Waals surface area (Å²) < 4.78 is 0.